The van der Waals surface area contributed by atoms with Gasteiger partial charge in [0.15, 0.2) is 0 Å². The van der Waals surface area contributed by atoms with Gasteiger partial charge < -0.3 is 10.6 Å². The molecular formula is C26H22N2. The van der Waals surface area contributed by atoms with Gasteiger partial charge >= 0.3 is 0 Å². The Morgan fingerprint density at radius 1 is 0.679 bits per heavy atom. The van der Waals surface area contributed by atoms with Crippen molar-refractivity contribution >= 4 is 22.1 Å². The molecule has 0 fully saturated rings. The molecule has 0 amide bonds. The van der Waals surface area contributed by atoms with Crippen LogP contribution in [0.3, 0.4) is 0 Å². The van der Waals surface area contributed by atoms with Crippen molar-refractivity contribution in [1.82, 2.24) is 0 Å². The summed E-state index contributed by atoms with van der Waals surface area (Å²) in [5.41, 5.74) is 8.02. The molecule has 136 valence electrons. The van der Waals surface area contributed by atoms with E-state index in [0.29, 0.717) is 5.92 Å². The van der Waals surface area contributed by atoms with Gasteiger partial charge in [-0.15, -0.1) is 0 Å². The predicted molar refractivity (Wildman–Crippen MR) is 117 cm³/mol. The molecule has 2 N–H and O–H groups in total. The highest BCUT2D eigenvalue weighted by molar-refractivity contribution is 5.92. The zero-order valence-electron chi connectivity index (χ0n) is 15.8. The lowest BCUT2D eigenvalue weighted by molar-refractivity contribution is 0.523. The fourth-order valence-corrected chi connectivity index (χ4v) is 5.18. The van der Waals surface area contributed by atoms with Crippen molar-refractivity contribution in [3.05, 3.63) is 107 Å². The topological polar surface area (TPSA) is 24.1 Å². The van der Waals surface area contributed by atoms with E-state index >= 15 is 0 Å². The molecule has 3 atom stereocenters. The van der Waals surface area contributed by atoms with Crippen LogP contribution in [0.4, 0.5) is 11.4 Å². The van der Waals surface area contributed by atoms with Crippen LogP contribution in [0.15, 0.2) is 84.9 Å². The van der Waals surface area contributed by atoms with Gasteiger partial charge in [-0.1, -0.05) is 78.9 Å². The molecule has 28 heavy (non-hydrogen) atoms. The minimum absolute atomic E-state index is 0.246. The number of hydrogen-bond donors (Lipinski definition) is 2. The predicted octanol–water partition coefficient (Wildman–Crippen LogP) is 6.57. The highest BCUT2D eigenvalue weighted by Gasteiger charge is 2.44. The number of nitrogens with one attached hydrogen (secondary N) is 2. The maximum atomic E-state index is 3.91. The molecule has 2 nitrogen and oxygen atoms in total. The molecule has 0 radical (unpaired) electrons. The summed E-state index contributed by atoms with van der Waals surface area (Å²) in [5, 5.41) is 10.5. The van der Waals surface area contributed by atoms with Crippen LogP contribution in [-0.2, 0) is 0 Å². The Morgan fingerprint density at radius 2 is 1.50 bits per heavy atom. The molecule has 0 spiro atoms. The molecule has 0 saturated carbocycles. The molecule has 0 aliphatic carbocycles. The van der Waals surface area contributed by atoms with E-state index in [2.05, 4.69) is 102 Å². The van der Waals surface area contributed by atoms with E-state index in [0.717, 1.165) is 0 Å². The fraction of sp³-hybridized carbons (Fsp3) is 0.154. The SMILES string of the molecule is Cc1cccc2c1N[C@H]1c3c(ccc4ccccc34)N[C@H](c3ccccc3)[C@@H]21. The van der Waals surface area contributed by atoms with Crippen LogP contribution in [0.25, 0.3) is 10.8 Å². The van der Waals surface area contributed by atoms with E-state index in [-0.39, 0.29) is 12.1 Å². The number of para-hydroxylation sites is 1. The summed E-state index contributed by atoms with van der Waals surface area (Å²) in [4.78, 5) is 0. The Labute approximate surface area is 165 Å². The zero-order valence-corrected chi connectivity index (χ0v) is 15.8. The van der Waals surface area contributed by atoms with Crippen molar-refractivity contribution in [2.24, 2.45) is 0 Å². The van der Waals surface area contributed by atoms with Crippen molar-refractivity contribution in [3.63, 3.8) is 0 Å². The first kappa shape index (κ1) is 15.8. The van der Waals surface area contributed by atoms with Crippen molar-refractivity contribution in [2.75, 3.05) is 10.6 Å². The van der Waals surface area contributed by atoms with Gasteiger partial charge in [-0.05, 0) is 40.5 Å². The largest absolute Gasteiger partial charge is 0.377 e. The second kappa shape index (κ2) is 5.87. The molecule has 0 bridgehead atoms. The monoisotopic (exact) mass is 362 g/mol. The van der Waals surface area contributed by atoms with Crippen LogP contribution in [-0.4, -0.2) is 0 Å². The Bertz CT molecular complexity index is 1200. The van der Waals surface area contributed by atoms with Gasteiger partial charge in [0.2, 0.25) is 0 Å². The summed E-state index contributed by atoms with van der Waals surface area (Å²) in [7, 11) is 0. The fourth-order valence-electron chi connectivity index (χ4n) is 5.18. The molecule has 2 heterocycles. The van der Waals surface area contributed by atoms with Crippen molar-refractivity contribution in [1.29, 1.82) is 0 Å². The van der Waals surface area contributed by atoms with Crippen LogP contribution in [0.1, 0.15) is 40.3 Å². The molecule has 4 aromatic carbocycles. The lowest BCUT2D eigenvalue weighted by Crippen LogP contribution is -2.30. The third kappa shape index (κ3) is 2.15. The minimum Gasteiger partial charge on any atom is -0.377 e. The molecule has 4 aromatic rings. The maximum Gasteiger partial charge on any atom is 0.0632 e. The molecule has 2 aliphatic heterocycles. The number of rotatable bonds is 1. The van der Waals surface area contributed by atoms with E-state index in [1.165, 1.54) is 44.4 Å². The first-order valence-corrected chi connectivity index (χ1v) is 10.0. The number of fused-ring (bicyclic) bond motifs is 7. The lowest BCUT2D eigenvalue weighted by atomic mass is 9.76. The smallest absolute Gasteiger partial charge is 0.0632 e. The van der Waals surface area contributed by atoms with E-state index < -0.39 is 0 Å². The highest BCUT2D eigenvalue weighted by atomic mass is 15.1. The average Bonchev–Trinajstić information content (AvgIpc) is 3.14. The molecule has 2 aliphatic rings. The standard InChI is InChI=1S/C26H22N2/c1-16-8-7-13-20-23-25(18-10-3-2-4-11-18)27-21-15-14-17-9-5-6-12-19(17)22(21)26(23)28-24(16)20/h2-15,23,25-28H,1H3/t23-,25-,26+/m1/s1. The van der Waals surface area contributed by atoms with Crippen LogP contribution in [0, 0.1) is 6.92 Å². The zero-order chi connectivity index (χ0) is 18.7. The average molecular weight is 362 g/mol. The molecule has 0 unspecified atom stereocenters. The summed E-state index contributed by atoms with van der Waals surface area (Å²) in [6.07, 6.45) is 0. The number of aryl methyl sites for hydroxylation is 1. The Hall–Kier alpha value is -3.26. The summed E-state index contributed by atoms with van der Waals surface area (Å²) >= 11 is 0. The summed E-state index contributed by atoms with van der Waals surface area (Å²) in [6.45, 7) is 2.21. The van der Waals surface area contributed by atoms with Gasteiger partial charge in [0, 0.05) is 22.9 Å². The Balaban J connectivity index is 1.63. The normalized spacial score (nSPS) is 22.0. The first-order chi connectivity index (χ1) is 13.8. The van der Waals surface area contributed by atoms with Crippen molar-refractivity contribution in [3.8, 4) is 0 Å². The van der Waals surface area contributed by atoms with Crippen molar-refractivity contribution < 1.29 is 0 Å². The third-order valence-electron chi connectivity index (χ3n) is 6.43. The van der Waals surface area contributed by atoms with Gasteiger partial charge in [0.05, 0.1) is 12.1 Å². The van der Waals surface area contributed by atoms with Crippen molar-refractivity contribution in [2.45, 2.75) is 24.9 Å². The highest BCUT2D eigenvalue weighted by Crippen LogP contribution is 2.57. The molecule has 0 aromatic heterocycles. The Morgan fingerprint density at radius 3 is 2.39 bits per heavy atom. The second-order valence-corrected chi connectivity index (χ2v) is 7.97. The first-order valence-electron chi connectivity index (χ1n) is 10.0. The van der Waals surface area contributed by atoms with E-state index in [4.69, 9.17) is 0 Å². The van der Waals surface area contributed by atoms with Gasteiger partial charge in [0.25, 0.3) is 0 Å². The number of anilines is 2. The quantitative estimate of drug-likeness (QED) is 0.400. The summed E-state index contributed by atoms with van der Waals surface area (Å²) in [5.74, 6) is 0.357. The van der Waals surface area contributed by atoms with Gasteiger partial charge in [0.1, 0.15) is 0 Å². The molecular weight excluding hydrogens is 340 g/mol. The second-order valence-electron chi connectivity index (χ2n) is 7.97. The van der Waals surface area contributed by atoms with Crippen LogP contribution in [0.2, 0.25) is 0 Å². The van der Waals surface area contributed by atoms with Gasteiger partial charge in [-0.3, -0.25) is 0 Å². The van der Waals surface area contributed by atoms with Gasteiger partial charge in [-0.2, -0.15) is 0 Å². The molecule has 6 rings (SSSR count). The summed E-state index contributed by atoms with van der Waals surface area (Å²) < 4.78 is 0. The van der Waals surface area contributed by atoms with E-state index in [9.17, 15) is 0 Å². The number of hydrogen-bond acceptors (Lipinski definition) is 2. The lowest BCUT2D eigenvalue weighted by Gasteiger charge is -2.38. The van der Waals surface area contributed by atoms with Gasteiger partial charge in [-0.25, -0.2) is 0 Å². The maximum absolute atomic E-state index is 3.91. The number of benzene rings is 4. The van der Waals surface area contributed by atoms with Crippen LogP contribution in [0.5, 0.6) is 0 Å². The van der Waals surface area contributed by atoms with E-state index in [1.54, 1.807) is 0 Å². The third-order valence-corrected chi connectivity index (χ3v) is 6.43. The molecule has 2 heteroatoms. The van der Waals surface area contributed by atoms with Crippen LogP contribution >= 0.6 is 0 Å². The Kier molecular flexibility index (Phi) is 3.30. The summed E-state index contributed by atoms with van der Waals surface area (Å²) in [6, 6.07) is 31.3. The van der Waals surface area contributed by atoms with E-state index in [1.807, 2.05) is 0 Å². The molecule has 0 saturated heterocycles. The minimum atomic E-state index is 0.246. The van der Waals surface area contributed by atoms with Crippen LogP contribution < -0.4 is 10.6 Å².